The lowest BCUT2D eigenvalue weighted by Gasteiger charge is -2.35. The third-order valence-electron chi connectivity index (χ3n) is 4.59. The fourth-order valence-electron chi connectivity index (χ4n) is 3.18. The fraction of sp³-hybridized carbons (Fsp3) is 0.364. The van der Waals surface area contributed by atoms with Crippen molar-refractivity contribution in [2.24, 2.45) is 0 Å². The Labute approximate surface area is 165 Å². The Bertz CT molecular complexity index is 872. The fourth-order valence-corrected chi connectivity index (χ4v) is 3.18. The van der Waals surface area contributed by atoms with Crippen LogP contribution in [0.2, 0.25) is 0 Å². The molecule has 1 aliphatic heterocycles. The van der Waals surface area contributed by atoms with Crippen LogP contribution in [0.1, 0.15) is 59.5 Å². The molecule has 6 heteroatoms. The second kappa shape index (κ2) is 8.02. The number of carbonyl (C=O) groups is 2. The van der Waals surface area contributed by atoms with E-state index in [0.29, 0.717) is 29.9 Å². The van der Waals surface area contributed by atoms with E-state index in [4.69, 9.17) is 9.47 Å². The SMILES string of the molecule is CCc1c(C(=O)NN(C(=O)c2ccccc2)C(C)(C)C)ccc2c1OCOC2. The van der Waals surface area contributed by atoms with E-state index in [1.165, 1.54) is 5.01 Å². The van der Waals surface area contributed by atoms with Gasteiger partial charge in [-0.05, 0) is 45.4 Å². The van der Waals surface area contributed by atoms with Crippen LogP contribution in [-0.2, 0) is 17.8 Å². The summed E-state index contributed by atoms with van der Waals surface area (Å²) in [6.07, 6.45) is 0.633. The smallest absolute Gasteiger partial charge is 0.272 e. The molecule has 0 unspecified atom stereocenters. The largest absolute Gasteiger partial charge is 0.467 e. The second-order valence-electron chi connectivity index (χ2n) is 7.66. The van der Waals surface area contributed by atoms with Gasteiger partial charge in [0, 0.05) is 22.3 Å². The third kappa shape index (κ3) is 4.02. The Morgan fingerprint density at radius 2 is 1.82 bits per heavy atom. The van der Waals surface area contributed by atoms with Gasteiger partial charge in [-0.25, -0.2) is 5.01 Å². The van der Waals surface area contributed by atoms with Crippen molar-refractivity contribution in [1.29, 1.82) is 0 Å². The zero-order chi connectivity index (χ0) is 20.3. The van der Waals surface area contributed by atoms with Crippen molar-refractivity contribution in [3.8, 4) is 5.75 Å². The number of hydrogen-bond acceptors (Lipinski definition) is 4. The highest BCUT2D eigenvalue weighted by atomic mass is 16.7. The summed E-state index contributed by atoms with van der Waals surface area (Å²) in [6, 6.07) is 12.5. The molecule has 1 N–H and O–H groups in total. The molecule has 0 saturated heterocycles. The monoisotopic (exact) mass is 382 g/mol. The maximum atomic E-state index is 13.1. The Morgan fingerprint density at radius 3 is 2.46 bits per heavy atom. The highest BCUT2D eigenvalue weighted by molar-refractivity contribution is 6.00. The van der Waals surface area contributed by atoms with Crippen molar-refractivity contribution in [1.82, 2.24) is 10.4 Å². The lowest BCUT2D eigenvalue weighted by Crippen LogP contribution is -2.56. The van der Waals surface area contributed by atoms with Crippen molar-refractivity contribution < 1.29 is 19.1 Å². The van der Waals surface area contributed by atoms with Crippen molar-refractivity contribution in [2.75, 3.05) is 6.79 Å². The van der Waals surface area contributed by atoms with E-state index in [1.54, 1.807) is 30.3 Å². The van der Waals surface area contributed by atoms with Gasteiger partial charge in [-0.3, -0.25) is 15.0 Å². The van der Waals surface area contributed by atoms with E-state index in [1.807, 2.05) is 39.8 Å². The number of hydrogen-bond donors (Lipinski definition) is 1. The minimum absolute atomic E-state index is 0.172. The predicted octanol–water partition coefficient (Wildman–Crippen LogP) is 3.70. The maximum absolute atomic E-state index is 13.1. The Balaban J connectivity index is 1.92. The van der Waals surface area contributed by atoms with Gasteiger partial charge in [0.25, 0.3) is 11.8 Å². The van der Waals surface area contributed by atoms with Gasteiger partial charge >= 0.3 is 0 Å². The van der Waals surface area contributed by atoms with Gasteiger partial charge in [0.15, 0.2) is 6.79 Å². The van der Waals surface area contributed by atoms with E-state index >= 15 is 0 Å². The normalized spacial score (nSPS) is 13.3. The minimum atomic E-state index is -0.604. The molecule has 0 saturated carbocycles. The molecule has 0 radical (unpaired) electrons. The molecule has 1 heterocycles. The molecular weight excluding hydrogens is 356 g/mol. The Hall–Kier alpha value is -2.86. The number of carbonyl (C=O) groups excluding carboxylic acids is 2. The highest BCUT2D eigenvalue weighted by Crippen LogP contribution is 2.31. The number of ether oxygens (including phenoxy) is 2. The van der Waals surface area contributed by atoms with Gasteiger partial charge in [0.05, 0.1) is 12.1 Å². The van der Waals surface area contributed by atoms with Crippen LogP contribution >= 0.6 is 0 Å². The molecule has 2 amide bonds. The van der Waals surface area contributed by atoms with Crippen molar-refractivity contribution in [3.63, 3.8) is 0 Å². The molecule has 2 aromatic rings. The summed E-state index contributed by atoms with van der Waals surface area (Å²) >= 11 is 0. The maximum Gasteiger partial charge on any atom is 0.272 e. The summed E-state index contributed by atoms with van der Waals surface area (Å²) < 4.78 is 11.0. The number of rotatable bonds is 3. The number of nitrogens with zero attached hydrogens (tertiary/aromatic N) is 1. The molecule has 0 aromatic heterocycles. The van der Waals surface area contributed by atoms with E-state index in [0.717, 1.165) is 11.1 Å². The number of hydrazine groups is 1. The highest BCUT2D eigenvalue weighted by Gasteiger charge is 2.30. The van der Waals surface area contributed by atoms with Crippen LogP contribution in [-0.4, -0.2) is 29.2 Å². The standard InChI is InChI=1S/C22H26N2O4/c1-5-17-18(12-11-16-13-27-14-28-19(16)17)20(25)23-24(22(2,3)4)21(26)15-9-7-6-8-10-15/h6-12H,5,13-14H2,1-4H3,(H,23,25). The first-order valence-electron chi connectivity index (χ1n) is 9.38. The molecule has 0 fully saturated rings. The van der Waals surface area contributed by atoms with E-state index in [-0.39, 0.29) is 18.6 Å². The molecule has 2 aromatic carbocycles. The average Bonchev–Trinajstić information content (AvgIpc) is 2.70. The summed E-state index contributed by atoms with van der Waals surface area (Å²) in [5, 5.41) is 1.38. The molecule has 28 heavy (non-hydrogen) atoms. The number of benzene rings is 2. The van der Waals surface area contributed by atoms with E-state index in [9.17, 15) is 9.59 Å². The van der Waals surface area contributed by atoms with Crippen LogP contribution in [0.4, 0.5) is 0 Å². The van der Waals surface area contributed by atoms with Gasteiger partial charge in [-0.1, -0.05) is 31.2 Å². The molecule has 6 nitrogen and oxygen atoms in total. The Kier molecular flexibility index (Phi) is 5.70. The van der Waals surface area contributed by atoms with Crippen molar-refractivity contribution in [2.45, 2.75) is 46.3 Å². The van der Waals surface area contributed by atoms with Crippen LogP contribution < -0.4 is 10.2 Å². The summed E-state index contributed by atoms with van der Waals surface area (Å²) in [6.45, 7) is 8.24. The molecule has 0 atom stereocenters. The van der Waals surface area contributed by atoms with Gasteiger partial charge in [0.2, 0.25) is 0 Å². The first-order valence-corrected chi connectivity index (χ1v) is 9.38. The van der Waals surface area contributed by atoms with Gasteiger partial charge in [-0.2, -0.15) is 0 Å². The number of fused-ring (bicyclic) bond motifs is 1. The first-order chi connectivity index (χ1) is 13.3. The van der Waals surface area contributed by atoms with Crippen LogP contribution in [0.5, 0.6) is 5.75 Å². The quantitative estimate of drug-likeness (QED) is 0.822. The third-order valence-corrected chi connectivity index (χ3v) is 4.59. The van der Waals surface area contributed by atoms with Gasteiger partial charge in [-0.15, -0.1) is 0 Å². The van der Waals surface area contributed by atoms with Crippen LogP contribution in [0.25, 0.3) is 0 Å². The van der Waals surface area contributed by atoms with Crippen LogP contribution in [0, 0.1) is 0 Å². The van der Waals surface area contributed by atoms with Crippen molar-refractivity contribution >= 4 is 11.8 Å². The Morgan fingerprint density at radius 1 is 1.11 bits per heavy atom. The first kappa shape index (κ1) is 19.9. The lowest BCUT2D eigenvalue weighted by atomic mass is 9.99. The zero-order valence-corrected chi connectivity index (χ0v) is 16.7. The van der Waals surface area contributed by atoms with E-state index < -0.39 is 5.54 Å². The summed E-state index contributed by atoms with van der Waals surface area (Å²) in [7, 11) is 0. The molecule has 148 valence electrons. The average molecular weight is 382 g/mol. The minimum Gasteiger partial charge on any atom is -0.467 e. The molecule has 1 aliphatic rings. The molecule has 0 bridgehead atoms. The number of amides is 2. The molecule has 3 rings (SSSR count). The predicted molar refractivity (Wildman–Crippen MR) is 106 cm³/mol. The molecule has 0 spiro atoms. The van der Waals surface area contributed by atoms with Gasteiger partial charge < -0.3 is 9.47 Å². The lowest BCUT2D eigenvalue weighted by molar-refractivity contribution is -0.0170. The van der Waals surface area contributed by atoms with Crippen LogP contribution in [0.3, 0.4) is 0 Å². The summed E-state index contributed by atoms with van der Waals surface area (Å²) in [5.74, 6) is 0.106. The second-order valence-corrected chi connectivity index (χ2v) is 7.66. The molecular formula is C22H26N2O4. The number of nitrogens with one attached hydrogen (secondary N) is 1. The van der Waals surface area contributed by atoms with Crippen molar-refractivity contribution in [3.05, 3.63) is 64.7 Å². The topological polar surface area (TPSA) is 67.9 Å². The molecule has 0 aliphatic carbocycles. The van der Waals surface area contributed by atoms with Gasteiger partial charge in [0.1, 0.15) is 5.75 Å². The summed E-state index contributed by atoms with van der Waals surface area (Å²) in [5.41, 5.74) is 4.96. The van der Waals surface area contributed by atoms with E-state index in [2.05, 4.69) is 5.43 Å². The summed E-state index contributed by atoms with van der Waals surface area (Å²) in [4.78, 5) is 26.1. The zero-order valence-electron chi connectivity index (χ0n) is 16.7. The van der Waals surface area contributed by atoms with Crippen LogP contribution in [0.15, 0.2) is 42.5 Å².